The molecular formula is C10H18N2O4. The standard InChI is InChI=1S/C10H18N2O4/c1-10(2,3)16-9(15)12-5-4-11-7(6-12)8(13)14/h7,11H,4-6H2,1-3H3,(H,13,14)/t7-/m1/s1. The van der Waals surface area contributed by atoms with Crippen LogP contribution in [0.5, 0.6) is 0 Å². The summed E-state index contributed by atoms with van der Waals surface area (Å²) in [5.41, 5.74) is -0.560. The van der Waals surface area contributed by atoms with Crippen LogP contribution in [0.2, 0.25) is 0 Å². The number of carbonyl (C=O) groups is 2. The van der Waals surface area contributed by atoms with Crippen LogP contribution in [0.4, 0.5) is 4.79 Å². The van der Waals surface area contributed by atoms with Crippen molar-refractivity contribution < 1.29 is 24.7 Å². The summed E-state index contributed by atoms with van der Waals surface area (Å²) in [4.78, 5) is 23.8. The van der Waals surface area contributed by atoms with E-state index in [2.05, 4.69) is 0 Å². The van der Waals surface area contributed by atoms with E-state index < -0.39 is 23.7 Å². The molecule has 6 nitrogen and oxygen atoms in total. The van der Waals surface area contributed by atoms with E-state index in [9.17, 15) is 14.7 Å². The van der Waals surface area contributed by atoms with E-state index in [-0.39, 0.29) is 6.54 Å². The van der Waals surface area contributed by atoms with Gasteiger partial charge >= 0.3 is 6.09 Å². The molecule has 1 amide bonds. The number of hydrogen-bond acceptors (Lipinski definition) is 4. The van der Waals surface area contributed by atoms with E-state index in [4.69, 9.17) is 4.74 Å². The fourth-order valence-corrected chi connectivity index (χ4v) is 1.50. The number of hydrogen-bond donors (Lipinski definition) is 1. The molecule has 0 radical (unpaired) electrons. The van der Waals surface area contributed by atoms with Crippen molar-refractivity contribution in [1.82, 2.24) is 4.90 Å². The molecule has 0 aromatic rings. The fourth-order valence-electron chi connectivity index (χ4n) is 1.50. The van der Waals surface area contributed by atoms with Crippen molar-refractivity contribution >= 4 is 12.1 Å². The Kier molecular flexibility index (Phi) is 3.74. The maximum Gasteiger partial charge on any atom is 0.410 e. The number of quaternary nitrogens is 1. The number of rotatable bonds is 1. The summed E-state index contributed by atoms with van der Waals surface area (Å²) in [6, 6.07) is -0.693. The van der Waals surface area contributed by atoms with E-state index in [0.29, 0.717) is 13.1 Å². The van der Waals surface area contributed by atoms with Gasteiger partial charge < -0.3 is 20.0 Å². The van der Waals surface area contributed by atoms with Crippen LogP contribution in [0.25, 0.3) is 0 Å². The minimum atomic E-state index is -1.15. The van der Waals surface area contributed by atoms with Gasteiger partial charge in [0.15, 0.2) is 0 Å². The van der Waals surface area contributed by atoms with Crippen molar-refractivity contribution in [3.8, 4) is 0 Å². The molecule has 92 valence electrons. The third kappa shape index (κ3) is 3.69. The molecule has 1 rings (SSSR count). The number of amides is 1. The number of aliphatic carboxylic acids is 1. The monoisotopic (exact) mass is 230 g/mol. The SMILES string of the molecule is CC(C)(C)OC(=O)N1CC[NH2+][C@@H](C(=O)[O-])C1. The molecule has 1 aliphatic heterocycles. The van der Waals surface area contributed by atoms with Gasteiger partial charge in [-0.15, -0.1) is 0 Å². The summed E-state index contributed by atoms with van der Waals surface area (Å²) in [6.45, 7) is 6.51. The van der Waals surface area contributed by atoms with Gasteiger partial charge in [-0.05, 0) is 20.8 Å². The van der Waals surface area contributed by atoms with Crippen molar-refractivity contribution in [2.75, 3.05) is 19.6 Å². The lowest BCUT2D eigenvalue weighted by Crippen LogP contribution is -2.98. The van der Waals surface area contributed by atoms with Gasteiger partial charge in [0.2, 0.25) is 0 Å². The minimum absolute atomic E-state index is 0.136. The number of ether oxygens (including phenoxy) is 1. The lowest BCUT2D eigenvalue weighted by molar-refractivity contribution is -0.690. The Bertz CT molecular complexity index is 285. The molecule has 2 N–H and O–H groups in total. The second kappa shape index (κ2) is 4.69. The van der Waals surface area contributed by atoms with Gasteiger partial charge in [-0.1, -0.05) is 0 Å². The summed E-state index contributed by atoms with van der Waals surface area (Å²) >= 11 is 0. The van der Waals surface area contributed by atoms with Crippen LogP contribution >= 0.6 is 0 Å². The number of carbonyl (C=O) groups excluding carboxylic acids is 2. The first-order valence-electron chi connectivity index (χ1n) is 5.32. The summed E-state index contributed by atoms with van der Waals surface area (Å²) < 4.78 is 5.17. The van der Waals surface area contributed by atoms with Crippen LogP contribution < -0.4 is 10.4 Å². The average molecular weight is 230 g/mol. The normalized spacial score (nSPS) is 21.7. The molecule has 0 saturated carbocycles. The molecule has 16 heavy (non-hydrogen) atoms. The Morgan fingerprint density at radius 1 is 1.44 bits per heavy atom. The number of nitrogens with zero attached hydrogens (tertiary/aromatic N) is 1. The average Bonchev–Trinajstić information content (AvgIpc) is 2.15. The molecule has 0 unspecified atom stereocenters. The highest BCUT2D eigenvalue weighted by atomic mass is 16.6. The molecule has 0 aromatic heterocycles. The molecule has 1 heterocycles. The lowest BCUT2D eigenvalue weighted by atomic mass is 10.2. The molecule has 6 heteroatoms. The Labute approximate surface area is 94.6 Å². The van der Waals surface area contributed by atoms with E-state index in [0.717, 1.165) is 0 Å². The largest absolute Gasteiger partial charge is 0.544 e. The third-order valence-electron chi connectivity index (χ3n) is 2.22. The second-order valence-electron chi connectivity index (χ2n) is 4.88. The summed E-state index contributed by atoms with van der Waals surface area (Å²) in [5.74, 6) is -1.15. The Balaban J connectivity index is 2.54. The molecule has 0 aliphatic carbocycles. The van der Waals surface area contributed by atoms with E-state index in [1.54, 1.807) is 26.1 Å². The van der Waals surface area contributed by atoms with Gasteiger partial charge in [-0.3, -0.25) is 4.90 Å². The van der Waals surface area contributed by atoms with E-state index in [1.807, 2.05) is 0 Å². The first kappa shape index (κ1) is 12.8. The zero-order valence-electron chi connectivity index (χ0n) is 9.86. The molecule has 1 fully saturated rings. The van der Waals surface area contributed by atoms with Crippen LogP contribution in [0.1, 0.15) is 20.8 Å². The quantitative estimate of drug-likeness (QED) is 0.560. The molecule has 1 aliphatic rings. The topological polar surface area (TPSA) is 86.3 Å². The smallest absolute Gasteiger partial charge is 0.410 e. The summed E-state index contributed by atoms with van der Waals surface area (Å²) in [5, 5.41) is 12.3. The van der Waals surface area contributed by atoms with Crippen LogP contribution in [0.15, 0.2) is 0 Å². The number of nitrogens with two attached hydrogens (primary N) is 1. The molecule has 1 atom stereocenters. The van der Waals surface area contributed by atoms with Gasteiger partial charge in [0.05, 0.1) is 19.6 Å². The summed E-state index contributed by atoms with van der Waals surface area (Å²) in [7, 11) is 0. The number of piperazine rings is 1. The molecule has 0 bridgehead atoms. The Morgan fingerprint density at radius 2 is 2.06 bits per heavy atom. The minimum Gasteiger partial charge on any atom is -0.544 e. The molecule has 1 saturated heterocycles. The highest BCUT2D eigenvalue weighted by Crippen LogP contribution is 2.10. The number of carboxylic acids is 1. The number of carboxylic acid groups (broad SMARTS) is 1. The maximum absolute atomic E-state index is 11.7. The predicted molar refractivity (Wildman–Crippen MR) is 53.4 cm³/mol. The van der Waals surface area contributed by atoms with Gasteiger partial charge in [-0.2, -0.15) is 0 Å². The van der Waals surface area contributed by atoms with Gasteiger partial charge in [0, 0.05) is 0 Å². The fraction of sp³-hybridized carbons (Fsp3) is 0.800. The highest BCUT2D eigenvalue weighted by molar-refractivity contribution is 5.73. The van der Waals surface area contributed by atoms with Crippen molar-refractivity contribution in [3.63, 3.8) is 0 Å². The van der Waals surface area contributed by atoms with Crippen molar-refractivity contribution in [2.45, 2.75) is 32.4 Å². The van der Waals surface area contributed by atoms with Crippen LogP contribution in [0, 0.1) is 0 Å². The predicted octanol–water partition coefficient (Wildman–Crippen LogP) is -2.08. The zero-order valence-corrected chi connectivity index (χ0v) is 9.86. The zero-order chi connectivity index (χ0) is 12.3. The Morgan fingerprint density at radius 3 is 2.56 bits per heavy atom. The van der Waals surface area contributed by atoms with Crippen molar-refractivity contribution in [2.24, 2.45) is 0 Å². The van der Waals surface area contributed by atoms with Gasteiger partial charge in [-0.25, -0.2) is 4.79 Å². The first-order chi connectivity index (χ1) is 7.29. The van der Waals surface area contributed by atoms with E-state index in [1.165, 1.54) is 4.90 Å². The first-order valence-corrected chi connectivity index (χ1v) is 5.32. The maximum atomic E-state index is 11.7. The molecule has 0 aromatic carbocycles. The molecule has 0 spiro atoms. The summed E-state index contributed by atoms with van der Waals surface area (Å²) in [6.07, 6.45) is -0.466. The van der Waals surface area contributed by atoms with Crippen molar-refractivity contribution in [1.29, 1.82) is 0 Å². The van der Waals surface area contributed by atoms with Crippen LogP contribution in [0.3, 0.4) is 0 Å². The lowest BCUT2D eigenvalue weighted by Gasteiger charge is -2.32. The van der Waals surface area contributed by atoms with Crippen LogP contribution in [-0.2, 0) is 9.53 Å². The van der Waals surface area contributed by atoms with Gasteiger partial charge in [0.1, 0.15) is 17.6 Å². The van der Waals surface area contributed by atoms with Crippen LogP contribution in [-0.4, -0.2) is 48.2 Å². The Hall–Kier alpha value is -1.30. The molecular weight excluding hydrogens is 212 g/mol. The third-order valence-corrected chi connectivity index (χ3v) is 2.22. The van der Waals surface area contributed by atoms with Crippen molar-refractivity contribution in [3.05, 3.63) is 0 Å². The van der Waals surface area contributed by atoms with E-state index >= 15 is 0 Å². The highest BCUT2D eigenvalue weighted by Gasteiger charge is 2.29. The van der Waals surface area contributed by atoms with Gasteiger partial charge in [0.25, 0.3) is 0 Å². The second-order valence-corrected chi connectivity index (χ2v) is 4.88.